The Morgan fingerprint density at radius 1 is 1.53 bits per heavy atom. The predicted molar refractivity (Wildman–Crippen MR) is 61.4 cm³/mol. The molecule has 5 heteroatoms. The molecular weight excluding hydrogens is 220 g/mol. The normalized spacial score (nSPS) is 11.6. The van der Waals surface area contributed by atoms with E-state index in [1.807, 2.05) is 6.07 Å². The molecule has 1 atom stereocenters. The van der Waals surface area contributed by atoms with Crippen molar-refractivity contribution in [1.82, 2.24) is 5.32 Å². The second-order valence-electron chi connectivity index (χ2n) is 3.51. The monoisotopic (exact) mass is 234 g/mol. The lowest BCUT2D eigenvalue weighted by Crippen LogP contribution is -2.34. The van der Waals surface area contributed by atoms with Gasteiger partial charge in [-0.25, -0.2) is 0 Å². The number of hydrogen-bond acceptors (Lipinski definition) is 4. The van der Waals surface area contributed by atoms with Crippen LogP contribution in [0.2, 0.25) is 0 Å². The van der Waals surface area contributed by atoms with Crippen molar-refractivity contribution in [2.45, 2.75) is 6.10 Å². The smallest absolute Gasteiger partial charge is 0.251 e. The van der Waals surface area contributed by atoms with Gasteiger partial charge in [-0.3, -0.25) is 4.79 Å². The van der Waals surface area contributed by atoms with Crippen LogP contribution in [-0.2, 0) is 4.74 Å². The second-order valence-corrected chi connectivity index (χ2v) is 3.51. The highest BCUT2D eigenvalue weighted by atomic mass is 16.5. The van der Waals surface area contributed by atoms with Gasteiger partial charge in [0.15, 0.2) is 0 Å². The lowest BCUT2D eigenvalue weighted by atomic mass is 10.1. The second kappa shape index (κ2) is 6.63. The van der Waals surface area contributed by atoms with E-state index in [1.165, 1.54) is 7.11 Å². The number of methoxy groups -OCH3 is 1. The highest BCUT2D eigenvalue weighted by Crippen LogP contribution is 2.02. The molecule has 1 aromatic carbocycles. The zero-order valence-electron chi connectivity index (χ0n) is 9.51. The molecule has 0 aliphatic heterocycles. The summed E-state index contributed by atoms with van der Waals surface area (Å²) in [5.41, 5.74) is 0.953. The molecule has 0 fully saturated rings. The van der Waals surface area contributed by atoms with Gasteiger partial charge >= 0.3 is 0 Å². The molecule has 5 nitrogen and oxygen atoms in total. The van der Waals surface area contributed by atoms with Crippen molar-refractivity contribution < 1.29 is 14.6 Å². The summed E-state index contributed by atoms with van der Waals surface area (Å²) in [5, 5.41) is 20.5. The summed E-state index contributed by atoms with van der Waals surface area (Å²) >= 11 is 0. The summed E-state index contributed by atoms with van der Waals surface area (Å²) in [7, 11) is 1.48. The van der Waals surface area contributed by atoms with Crippen molar-refractivity contribution in [2.75, 3.05) is 20.3 Å². The van der Waals surface area contributed by atoms with E-state index >= 15 is 0 Å². The van der Waals surface area contributed by atoms with Crippen LogP contribution < -0.4 is 5.32 Å². The summed E-state index contributed by atoms with van der Waals surface area (Å²) in [4.78, 5) is 11.6. The van der Waals surface area contributed by atoms with E-state index in [2.05, 4.69) is 5.32 Å². The van der Waals surface area contributed by atoms with E-state index in [0.717, 1.165) is 0 Å². The van der Waals surface area contributed by atoms with Crippen molar-refractivity contribution in [1.29, 1.82) is 5.26 Å². The van der Waals surface area contributed by atoms with Crippen LogP contribution in [0.3, 0.4) is 0 Å². The molecule has 2 N–H and O–H groups in total. The van der Waals surface area contributed by atoms with Gasteiger partial charge in [-0.05, 0) is 24.3 Å². The van der Waals surface area contributed by atoms with E-state index in [9.17, 15) is 9.90 Å². The number of carbonyl (C=O) groups excluding carboxylic acids is 1. The number of nitrogens with zero attached hydrogens (tertiary/aromatic N) is 1. The Hall–Kier alpha value is -1.90. The Balaban J connectivity index is 2.50. The third kappa shape index (κ3) is 4.23. The molecule has 90 valence electrons. The van der Waals surface area contributed by atoms with Crippen LogP contribution in [0.1, 0.15) is 15.9 Å². The SMILES string of the molecule is COCC(O)CNC(=O)c1ccc(C#N)cc1. The van der Waals surface area contributed by atoms with E-state index in [4.69, 9.17) is 10.00 Å². The van der Waals surface area contributed by atoms with Crippen LogP contribution in [0.15, 0.2) is 24.3 Å². The Morgan fingerprint density at radius 3 is 2.71 bits per heavy atom. The summed E-state index contributed by atoms with van der Waals surface area (Å²) in [6.07, 6.45) is -0.720. The minimum absolute atomic E-state index is 0.132. The average molecular weight is 234 g/mol. The molecule has 1 amide bonds. The fourth-order valence-corrected chi connectivity index (χ4v) is 1.26. The van der Waals surface area contributed by atoms with Crippen LogP contribution in [0.4, 0.5) is 0 Å². The first-order chi connectivity index (χ1) is 8.17. The van der Waals surface area contributed by atoms with Crippen molar-refractivity contribution in [3.8, 4) is 6.07 Å². The number of carbonyl (C=O) groups is 1. The number of rotatable bonds is 5. The first kappa shape index (κ1) is 13.2. The number of aliphatic hydroxyl groups is 1. The van der Waals surface area contributed by atoms with Crippen LogP contribution in [0.25, 0.3) is 0 Å². The van der Waals surface area contributed by atoms with Gasteiger partial charge in [0, 0.05) is 19.2 Å². The fraction of sp³-hybridized carbons (Fsp3) is 0.333. The zero-order chi connectivity index (χ0) is 12.7. The number of nitrogens with one attached hydrogen (secondary N) is 1. The van der Waals surface area contributed by atoms with Crippen molar-refractivity contribution >= 4 is 5.91 Å². The minimum Gasteiger partial charge on any atom is -0.389 e. The van der Waals surface area contributed by atoms with Gasteiger partial charge in [-0.15, -0.1) is 0 Å². The minimum atomic E-state index is -0.720. The molecule has 17 heavy (non-hydrogen) atoms. The summed E-state index contributed by atoms with van der Waals surface area (Å²) in [5.74, 6) is -0.287. The maximum Gasteiger partial charge on any atom is 0.251 e. The maximum absolute atomic E-state index is 11.6. The van der Waals surface area contributed by atoms with E-state index in [0.29, 0.717) is 11.1 Å². The third-order valence-corrected chi connectivity index (χ3v) is 2.13. The van der Waals surface area contributed by atoms with Gasteiger partial charge in [-0.1, -0.05) is 0 Å². The molecule has 0 saturated heterocycles. The van der Waals surface area contributed by atoms with Crippen LogP contribution in [0.5, 0.6) is 0 Å². The summed E-state index contributed by atoms with van der Waals surface area (Å²) in [6, 6.07) is 8.24. The molecule has 0 spiro atoms. The lowest BCUT2D eigenvalue weighted by Gasteiger charge is -2.10. The van der Waals surface area contributed by atoms with Gasteiger partial charge in [0.2, 0.25) is 0 Å². The number of amides is 1. The molecule has 0 saturated carbocycles. The Morgan fingerprint density at radius 2 is 2.18 bits per heavy atom. The van der Waals surface area contributed by atoms with E-state index in [1.54, 1.807) is 24.3 Å². The maximum atomic E-state index is 11.6. The quantitative estimate of drug-likeness (QED) is 0.767. The van der Waals surface area contributed by atoms with E-state index in [-0.39, 0.29) is 19.1 Å². The largest absolute Gasteiger partial charge is 0.389 e. The molecule has 0 heterocycles. The molecule has 0 aliphatic carbocycles. The number of aliphatic hydroxyl groups excluding tert-OH is 1. The first-order valence-electron chi connectivity index (χ1n) is 5.12. The van der Waals surface area contributed by atoms with Crippen molar-refractivity contribution in [3.05, 3.63) is 35.4 Å². The molecule has 0 aliphatic rings. The fourth-order valence-electron chi connectivity index (χ4n) is 1.26. The standard InChI is InChI=1S/C12H14N2O3/c1-17-8-11(15)7-14-12(16)10-4-2-9(6-13)3-5-10/h2-5,11,15H,7-8H2,1H3,(H,14,16). The Labute approximate surface area is 99.6 Å². The van der Waals surface area contributed by atoms with Gasteiger partial charge in [-0.2, -0.15) is 5.26 Å². The lowest BCUT2D eigenvalue weighted by molar-refractivity contribution is 0.0610. The first-order valence-corrected chi connectivity index (χ1v) is 5.12. The summed E-state index contributed by atoms with van der Waals surface area (Å²) in [6.45, 7) is 0.306. The van der Waals surface area contributed by atoms with Crippen LogP contribution in [0, 0.1) is 11.3 Å². The van der Waals surface area contributed by atoms with Gasteiger partial charge < -0.3 is 15.2 Å². The average Bonchev–Trinajstić information content (AvgIpc) is 2.36. The topological polar surface area (TPSA) is 82.3 Å². The predicted octanol–water partition coefficient (Wildman–Crippen LogP) is 0.295. The van der Waals surface area contributed by atoms with Gasteiger partial charge in [0.1, 0.15) is 0 Å². The number of nitriles is 1. The summed E-state index contributed by atoms with van der Waals surface area (Å²) < 4.78 is 4.73. The zero-order valence-corrected chi connectivity index (χ0v) is 9.51. The highest BCUT2D eigenvalue weighted by Gasteiger charge is 2.08. The Kier molecular flexibility index (Phi) is 5.14. The third-order valence-electron chi connectivity index (χ3n) is 2.13. The van der Waals surface area contributed by atoms with Crippen LogP contribution in [-0.4, -0.2) is 37.4 Å². The molecule has 1 unspecified atom stereocenters. The Bertz CT molecular complexity index is 409. The van der Waals surface area contributed by atoms with Gasteiger partial charge in [0.25, 0.3) is 5.91 Å². The molecule has 0 bridgehead atoms. The van der Waals surface area contributed by atoms with Crippen LogP contribution >= 0.6 is 0 Å². The van der Waals surface area contributed by atoms with Crippen molar-refractivity contribution in [2.24, 2.45) is 0 Å². The van der Waals surface area contributed by atoms with E-state index < -0.39 is 6.10 Å². The molecular formula is C12H14N2O3. The van der Waals surface area contributed by atoms with Crippen molar-refractivity contribution in [3.63, 3.8) is 0 Å². The highest BCUT2D eigenvalue weighted by molar-refractivity contribution is 5.94. The number of ether oxygens (including phenoxy) is 1. The van der Waals surface area contributed by atoms with Gasteiger partial charge in [0.05, 0.1) is 24.3 Å². The molecule has 1 rings (SSSR count). The molecule has 0 radical (unpaired) electrons. The number of benzene rings is 1. The molecule has 0 aromatic heterocycles. The molecule has 1 aromatic rings. The number of hydrogen-bond donors (Lipinski definition) is 2.